The van der Waals surface area contributed by atoms with Crippen LogP contribution in [0.3, 0.4) is 0 Å². The second kappa shape index (κ2) is 11.9. The summed E-state index contributed by atoms with van der Waals surface area (Å²) in [5.74, 6) is -2.12. The number of alkyl carbamates (subject to hydrolysis) is 1. The van der Waals surface area contributed by atoms with Gasteiger partial charge in [-0.2, -0.15) is 0 Å². The van der Waals surface area contributed by atoms with Crippen LogP contribution in [0.15, 0.2) is 30.3 Å². The van der Waals surface area contributed by atoms with Gasteiger partial charge in [0.25, 0.3) is 0 Å². The van der Waals surface area contributed by atoms with Crippen molar-refractivity contribution in [2.24, 2.45) is 11.8 Å². The van der Waals surface area contributed by atoms with E-state index >= 15 is 0 Å². The number of hydrogen-bond acceptors (Lipinski definition) is 7. The number of rotatable bonds is 7. The largest absolute Gasteiger partial charge is 0.446 e. The first-order chi connectivity index (χ1) is 16.0. The number of ether oxygens (including phenoxy) is 1. The van der Waals surface area contributed by atoms with Gasteiger partial charge in [0.05, 0.1) is 24.5 Å². The predicted molar refractivity (Wildman–Crippen MR) is 121 cm³/mol. The molecule has 10 heteroatoms. The van der Waals surface area contributed by atoms with Crippen LogP contribution in [0.4, 0.5) is 10.5 Å². The molecule has 1 aromatic carbocycles. The molecule has 3 amide bonds. The summed E-state index contributed by atoms with van der Waals surface area (Å²) < 4.78 is 5.43. The van der Waals surface area contributed by atoms with Crippen LogP contribution < -0.4 is 15.7 Å². The molecule has 1 saturated heterocycles. The van der Waals surface area contributed by atoms with Gasteiger partial charge in [0, 0.05) is 31.9 Å². The lowest BCUT2D eigenvalue weighted by molar-refractivity contribution is -0.149. The molecule has 182 valence electrons. The monoisotopic (exact) mass is 462 g/mol. The molecule has 4 atom stereocenters. The predicted octanol–water partition coefficient (Wildman–Crippen LogP) is 1.12. The maximum Gasteiger partial charge on any atom is 0.407 e. The number of benzene rings is 1. The maximum atomic E-state index is 13.3. The molecule has 2 aliphatic rings. The average Bonchev–Trinajstić information content (AvgIpc) is 2.87. The van der Waals surface area contributed by atoms with Crippen molar-refractivity contribution in [3.63, 3.8) is 0 Å². The number of nitrogens with zero attached hydrogens (tertiary/aromatic N) is 2. The number of aliphatic hydroxyl groups excluding tert-OH is 1. The number of aliphatic hydroxyl groups is 1. The summed E-state index contributed by atoms with van der Waals surface area (Å²) >= 11 is 0. The summed E-state index contributed by atoms with van der Waals surface area (Å²) in [5, 5.41) is 21.0. The van der Waals surface area contributed by atoms with E-state index in [2.05, 4.69) is 10.2 Å². The average molecular weight is 463 g/mol. The molecule has 2 fully saturated rings. The van der Waals surface area contributed by atoms with Gasteiger partial charge in [-0.05, 0) is 37.8 Å². The van der Waals surface area contributed by atoms with Crippen molar-refractivity contribution < 1.29 is 29.4 Å². The zero-order valence-electron chi connectivity index (χ0n) is 19.0. The van der Waals surface area contributed by atoms with E-state index in [4.69, 9.17) is 4.74 Å². The van der Waals surface area contributed by atoms with E-state index in [9.17, 15) is 24.7 Å². The van der Waals surface area contributed by atoms with Crippen LogP contribution >= 0.6 is 0 Å². The minimum atomic E-state index is -0.791. The van der Waals surface area contributed by atoms with Crippen LogP contribution in [0.25, 0.3) is 0 Å². The minimum absolute atomic E-state index is 0.106. The topological polar surface area (TPSA) is 131 Å². The molecule has 3 rings (SSSR count). The Balaban J connectivity index is 1.58. The summed E-state index contributed by atoms with van der Waals surface area (Å²) in [6.07, 6.45) is 0.313. The molecule has 1 heterocycles. The molecular formula is C23H34N4O6. The highest BCUT2D eigenvalue weighted by atomic mass is 16.6. The third-order valence-electron chi connectivity index (χ3n) is 6.59. The Bertz CT molecular complexity index is 795. The van der Waals surface area contributed by atoms with Crippen LogP contribution in [0.2, 0.25) is 0 Å². The van der Waals surface area contributed by atoms with Crippen molar-refractivity contribution in [1.82, 2.24) is 15.7 Å². The summed E-state index contributed by atoms with van der Waals surface area (Å²) in [7, 11) is 0. The maximum absolute atomic E-state index is 13.3. The number of hydrogen-bond donors (Lipinski definition) is 4. The first-order valence-electron chi connectivity index (χ1n) is 11.6. The molecule has 0 aromatic heterocycles. The molecule has 0 bridgehead atoms. The third-order valence-corrected chi connectivity index (χ3v) is 6.59. The first-order valence-corrected chi connectivity index (χ1v) is 11.6. The Morgan fingerprint density at radius 1 is 1.09 bits per heavy atom. The Kier molecular flexibility index (Phi) is 8.90. The van der Waals surface area contributed by atoms with Crippen molar-refractivity contribution in [2.45, 2.75) is 44.8 Å². The summed E-state index contributed by atoms with van der Waals surface area (Å²) in [6, 6.07) is 9.62. The third kappa shape index (κ3) is 6.35. The van der Waals surface area contributed by atoms with E-state index < -0.39 is 36.0 Å². The van der Waals surface area contributed by atoms with E-state index in [1.165, 1.54) is 0 Å². The molecule has 1 aliphatic heterocycles. The number of para-hydroxylation sites is 1. The smallest absolute Gasteiger partial charge is 0.407 e. The van der Waals surface area contributed by atoms with Gasteiger partial charge in [0.2, 0.25) is 11.8 Å². The minimum Gasteiger partial charge on any atom is -0.446 e. The molecule has 4 N–H and O–H groups in total. The highest BCUT2D eigenvalue weighted by Gasteiger charge is 2.42. The second-order valence-electron chi connectivity index (χ2n) is 8.61. The van der Waals surface area contributed by atoms with E-state index in [1.807, 2.05) is 37.3 Å². The van der Waals surface area contributed by atoms with Gasteiger partial charge >= 0.3 is 6.09 Å². The Morgan fingerprint density at radius 3 is 2.39 bits per heavy atom. The van der Waals surface area contributed by atoms with Crippen molar-refractivity contribution in [3.05, 3.63) is 30.3 Å². The van der Waals surface area contributed by atoms with Crippen molar-refractivity contribution in [1.29, 1.82) is 0 Å². The van der Waals surface area contributed by atoms with Crippen LogP contribution in [0, 0.1) is 11.8 Å². The van der Waals surface area contributed by atoms with Gasteiger partial charge in [0.1, 0.15) is 6.10 Å². The van der Waals surface area contributed by atoms with Gasteiger partial charge in [-0.3, -0.25) is 14.8 Å². The summed E-state index contributed by atoms with van der Waals surface area (Å²) in [5.41, 5.74) is 2.78. The first kappa shape index (κ1) is 24.8. The lowest BCUT2D eigenvalue weighted by atomic mass is 9.76. The number of anilines is 1. The van der Waals surface area contributed by atoms with E-state index in [0.29, 0.717) is 45.4 Å². The van der Waals surface area contributed by atoms with Gasteiger partial charge in [-0.15, -0.1) is 0 Å². The SMILES string of the molecule is CC[C@H](CO)NC(=O)O[C@@H]1CC[C@H](C(=O)N2CCN(c3ccccc3)CC2)[C@@H](C(=O)NO)C1. The second-order valence-corrected chi connectivity index (χ2v) is 8.61. The van der Waals surface area contributed by atoms with Gasteiger partial charge in [-0.25, -0.2) is 10.3 Å². The number of piperazine rings is 1. The highest BCUT2D eigenvalue weighted by Crippen LogP contribution is 2.34. The lowest BCUT2D eigenvalue weighted by Crippen LogP contribution is -2.53. The Hall–Kier alpha value is -2.85. The Morgan fingerprint density at radius 2 is 1.79 bits per heavy atom. The van der Waals surface area contributed by atoms with E-state index in [1.54, 1.807) is 10.4 Å². The lowest BCUT2D eigenvalue weighted by Gasteiger charge is -2.40. The van der Waals surface area contributed by atoms with Gasteiger partial charge in [-0.1, -0.05) is 25.1 Å². The highest BCUT2D eigenvalue weighted by molar-refractivity contribution is 5.87. The molecule has 1 aromatic rings. The fourth-order valence-corrected chi connectivity index (χ4v) is 4.59. The number of carbonyl (C=O) groups is 3. The van der Waals surface area contributed by atoms with Crippen molar-refractivity contribution in [2.75, 3.05) is 37.7 Å². The van der Waals surface area contributed by atoms with Crippen LogP contribution in [0.1, 0.15) is 32.6 Å². The molecule has 10 nitrogen and oxygen atoms in total. The van der Waals surface area contributed by atoms with Crippen molar-refractivity contribution in [3.8, 4) is 0 Å². The molecule has 0 unspecified atom stereocenters. The van der Waals surface area contributed by atoms with E-state index in [-0.39, 0.29) is 18.9 Å². The number of nitrogens with one attached hydrogen (secondary N) is 2. The van der Waals surface area contributed by atoms with Gasteiger partial charge in [0.15, 0.2) is 0 Å². The number of amides is 3. The zero-order valence-corrected chi connectivity index (χ0v) is 19.0. The van der Waals surface area contributed by atoms with Crippen LogP contribution in [0.5, 0.6) is 0 Å². The molecule has 1 saturated carbocycles. The summed E-state index contributed by atoms with van der Waals surface area (Å²) in [6.45, 7) is 4.15. The van der Waals surface area contributed by atoms with Gasteiger partial charge < -0.3 is 25.0 Å². The fourth-order valence-electron chi connectivity index (χ4n) is 4.59. The van der Waals surface area contributed by atoms with E-state index in [0.717, 1.165) is 5.69 Å². The van der Waals surface area contributed by atoms with Crippen LogP contribution in [-0.2, 0) is 14.3 Å². The number of carbonyl (C=O) groups excluding carboxylic acids is 3. The molecule has 0 radical (unpaired) electrons. The normalized spacial score (nSPS) is 24.0. The molecular weight excluding hydrogens is 428 g/mol. The van der Waals surface area contributed by atoms with Crippen molar-refractivity contribution >= 4 is 23.6 Å². The quantitative estimate of drug-likeness (QED) is 0.353. The Labute approximate surface area is 193 Å². The summed E-state index contributed by atoms with van der Waals surface area (Å²) in [4.78, 5) is 41.8. The molecule has 0 spiro atoms. The fraction of sp³-hybridized carbons (Fsp3) is 0.609. The zero-order chi connectivity index (χ0) is 23.8. The molecule has 33 heavy (non-hydrogen) atoms. The standard InChI is InChI=1S/C23H34N4O6/c1-2-16(15-28)24-23(31)33-18-8-9-19(20(14-18)21(29)25-32)22(30)27-12-10-26(11-13-27)17-6-4-3-5-7-17/h3-7,16,18-20,28,32H,2,8-15H2,1H3,(H,24,31)(H,25,29)/t16-,18-,19+,20+/m1/s1. The molecule has 1 aliphatic carbocycles. The van der Waals surface area contributed by atoms with Crippen LogP contribution in [-0.4, -0.2) is 78.1 Å². The number of hydroxylamine groups is 1.